The van der Waals surface area contributed by atoms with E-state index in [0.717, 1.165) is 52.7 Å². The van der Waals surface area contributed by atoms with Gasteiger partial charge in [0, 0.05) is 36.3 Å². The van der Waals surface area contributed by atoms with Gasteiger partial charge in [0.1, 0.15) is 11.8 Å². The number of amides is 1. The second kappa shape index (κ2) is 10.2. The van der Waals surface area contributed by atoms with E-state index < -0.39 is 6.01 Å². The van der Waals surface area contributed by atoms with Crippen LogP contribution in [0.3, 0.4) is 0 Å². The molecule has 2 aromatic heterocycles. The lowest BCUT2D eigenvalue weighted by Crippen LogP contribution is -2.42. The normalized spacial score (nSPS) is 16.6. The number of fused-ring (bicyclic) bond motifs is 1. The number of alkyl halides is 1. The average Bonchev–Trinajstić information content (AvgIpc) is 3.17. The summed E-state index contributed by atoms with van der Waals surface area (Å²) in [6.45, 7) is 2.11. The van der Waals surface area contributed by atoms with Crippen molar-refractivity contribution < 1.29 is 9.18 Å². The molecule has 31 heavy (non-hydrogen) atoms. The highest BCUT2D eigenvalue weighted by Crippen LogP contribution is 2.30. The molecule has 10 heteroatoms. The van der Waals surface area contributed by atoms with E-state index >= 15 is 0 Å². The van der Waals surface area contributed by atoms with Crippen molar-refractivity contribution in [2.24, 2.45) is 5.92 Å². The van der Waals surface area contributed by atoms with Gasteiger partial charge in [-0.05, 0) is 40.8 Å². The monoisotopic (exact) mass is 525 g/mol. The first kappa shape index (κ1) is 22.4. The number of aromatic nitrogens is 3. The Bertz CT molecular complexity index is 1080. The average molecular weight is 527 g/mol. The number of benzene rings is 1. The summed E-state index contributed by atoms with van der Waals surface area (Å²) in [6.07, 6.45) is 3.69. The largest absolute Gasteiger partial charge is 0.370 e. The highest BCUT2D eigenvalue weighted by molar-refractivity contribution is 9.10. The van der Waals surface area contributed by atoms with Gasteiger partial charge in [0.05, 0.1) is 22.1 Å². The lowest BCUT2D eigenvalue weighted by molar-refractivity contribution is -0.130. The van der Waals surface area contributed by atoms with E-state index in [9.17, 15) is 9.18 Å². The van der Waals surface area contributed by atoms with E-state index in [-0.39, 0.29) is 11.7 Å². The van der Waals surface area contributed by atoms with E-state index in [1.54, 1.807) is 10.7 Å². The van der Waals surface area contributed by atoms with Crippen LogP contribution in [0.25, 0.3) is 16.9 Å². The zero-order valence-electron chi connectivity index (χ0n) is 16.7. The molecule has 4 rings (SSSR count). The number of likely N-dealkylation sites (tertiary alicyclic amines) is 1. The number of piperidine rings is 1. The van der Waals surface area contributed by atoms with Gasteiger partial charge >= 0.3 is 0 Å². The smallest absolute Gasteiger partial charge is 0.232 e. The molecule has 1 fully saturated rings. The van der Waals surface area contributed by atoms with Crippen LogP contribution in [0.4, 0.5) is 10.2 Å². The zero-order valence-corrected chi connectivity index (χ0v) is 19.9. The van der Waals surface area contributed by atoms with Crippen molar-refractivity contribution in [3.05, 3.63) is 46.0 Å². The molecule has 1 unspecified atom stereocenters. The van der Waals surface area contributed by atoms with Crippen molar-refractivity contribution >= 4 is 56.7 Å². The first-order valence-corrected chi connectivity index (χ1v) is 12.3. The Morgan fingerprint density at radius 2 is 2.23 bits per heavy atom. The molecule has 1 aromatic carbocycles. The van der Waals surface area contributed by atoms with Crippen molar-refractivity contribution in [2.75, 3.05) is 36.7 Å². The lowest BCUT2D eigenvalue weighted by atomic mass is 9.98. The molecule has 1 saturated heterocycles. The van der Waals surface area contributed by atoms with Crippen molar-refractivity contribution in [1.82, 2.24) is 19.5 Å². The Labute approximate surface area is 197 Å². The maximum absolute atomic E-state index is 12.4. The summed E-state index contributed by atoms with van der Waals surface area (Å²) in [7, 11) is 0. The molecule has 164 valence electrons. The Balaban J connectivity index is 1.53. The molecule has 1 aliphatic heterocycles. The predicted octanol–water partition coefficient (Wildman–Crippen LogP) is 5.12. The van der Waals surface area contributed by atoms with Gasteiger partial charge in [-0.2, -0.15) is 9.61 Å². The number of hydrogen-bond donors (Lipinski definition) is 1. The van der Waals surface area contributed by atoms with Crippen LogP contribution in [-0.4, -0.2) is 56.8 Å². The minimum atomic E-state index is -0.532. The van der Waals surface area contributed by atoms with Crippen LogP contribution >= 0.6 is 39.3 Å². The summed E-state index contributed by atoms with van der Waals surface area (Å²) < 4.78 is 14.9. The number of halogens is 3. The van der Waals surface area contributed by atoms with Crippen LogP contribution in [0.2, 0.25) is 5.02 Å². The highest BCUT2D eigenvalue weighted by atomic mass is 79.9. The number of hydrogen-bond acceptors (Lipinski definition) is 5. The Hall–Kier alpha value is -1.84. The summed E-state index contributed by atoms with van der Waals surface area (Å²) in [5.41, 5.74) is 2.30. The van der Waals surface area contributed by atoms with Crippen molar-refractivity contribution in [1.29, 1.82) is 0 Å². The first-order valence-electron chi connectivity index (χ1n) is 10.0. The number of nitrogens with one attached hydrogen (secondary N) is 1. The van der Waals surface area contributed by atoms with E-state index in [1.165, 1.54) is 0 Å². The van der Waals surface area contributed by atoms with Gasteiger partial charge in [0.2, 0.25) is 5.91 Å². The number of thioether (sulfide) groups is 1. The van der Waals surface area contributed by atoms with E-state index in [0.29, 0.717) is 29.7 Å². The Kier molecular flexibility index (Phi) is 7.35. The van der Waals surface area contributed by atoms with Crippen LogP contribution in [-0.2, 0) is 4.79 Å². The van der Waals surface area contributed by atoms with Gasteiger partial charge in [-0.3, -0.25) is 4.79 Å². The number of carbonyl (C=O) groups excluding carboxylic acids is 1. The third kappa shape index (κ3) is 5.15. The Morgan fingerprint density at radius 1 is 1.39 bits per heavy atom. The summed E-state index contributed by atoms with van der Waals surface area (Å²) in [6, 6.07) is 9.01. The van der Waals surface area contributed by atoms with Crippen LogP contribution in [0, 0.1) is 5.92 Å². The van der Waals surface area contributed by atoms with Gasteiger partial charge in [0.25, 0.3) is 0 Å². The second-order valence-corrected chi connectivity index (χ2v) is 9.60. The predicted molar refractivity (Wildman–Crippen MR) is 127 cm³/mol. The number of carbonyl (C=O) groups is 1. The number of rotatable bonds is 7. The van der Waals surface area contributed by atoms with Crippen molar-refractivity contribution in [2.45, 2.75) is 12.8 Å². The topological polar surface area (TPSA) is 62.5 Å². The SMILES string of the molecule is O=C(CSCF)N1CCCC(CNc2cc(-c3ccccc3Cl)nc3c(Br)cnn23)C1. The maximum Gasteiger partial charge on any atom is 0.232 e. The van der Waals surface area contributed by atoms with Crippen LogP contribution in [0.1, 0.15) is 12.8 Å². The second-order valence-electron chi connectivity index (χ2n) is 7.42. The highest BCUT2D eigenvalue weighted by Gasteiger charge is 2.24. The fourth-order valence-corrected chi connectivity index (χ4v) is 4.81. The Morgan fingerprint density at radius 3 is 3.03 bits per heavy atom. The molecule has 3 aromatic rings. The summed E-state index contributed by atoms with van der Waals surface area (Å²) in [5, 5.41) is 8.55. The van der Waals surface area contributed by atoms with Gasteiger partial charge in [-0.15, -0.1) is 11.8 Å². The minimum absolute atomic E-state index is 0.00987. The van der Waals surface area contributed by atoms with Crippen LogP contribution in [0.5, 0.6) is 0 Å². The molecular formula is C21H22BrClFN5OS. The molecule has 0 saturated carbocycles. The van der Waals surface area contributed by atoms with Crippen LogP contribution < -0.4 is 5.32 Å². The molecule has 0 radical (unpaired) electrons. The van der Waals surface area contributed by atoms with E-state index in [1.807, 2.05) is 35.2 Å². The van der Waals surface area contributed by atoms with Crippen molar-refractivity contribution in [3.8, 4) is 11.3 Å². The first-order chi connectivity index (χ1) is 15.1. The minimum Gasteiger partial charge on any atom is -0.370 e. The van der Waals surface area contributed by atoms with Gasteiger partial charge in [-0.25, -0.2) is 9.37 Å². The maximum atomic E-state index is 12.4. The summed E-state index contributed by atoms with van der Waals surface area (Å²) >= 11 is 10.9. The summed E-state index contributed by atoms with van der Waals surface area (Å²) in [5.74, 6) is 1.32. The number of anilines is 1. The van der Waals surface area contributed by atoms with Gasteiger partial charge in [0.15, 0.2) is 5.65 Å². The molecule has 1 amide bonds. The molecule has 3 heterocycles. The standard InChI is InChI=1S/C21H22BrClFN5OS/c22-16-10-26-29-19(8-18(27-21(16)29)15-5-1-2-6-17(15)23)25-9-14-4-3-7-28(11-14)20(30)12-31-13-24/h1-2,5-6,8,10,14,25H,3-4,7,9,11-13H2. The molecule has 0 spiro atoms. The molecule has 1 atom stereocenters. The quantitative estimate of drug-likeness (QED) is 0.463. The van der Waals surface area contributed by atoms with E-state index in [4.69, 9.17) is 16.6 Å². The molecule has 0 bridgehead atoms. The molecular weight excluding hydrogens is 505 g/mol. The fraction of sp³-hybridized carbons (Fsp3) is 0.381. The van der Waals surface area contributed by atoms with Gasteiger partial charge in [-0.1, -0.05) is 29.8 Å². The van der Waals surface area contributed by atoms with E-state index in [2.05, 4.69) is 26.3 Å². The van der Waals surface area contributed by atoms with Crippen molar-refractivity contribution in [3.63, 3.8) is 0 Å². The molecule has 1 aliphatic rings. The molecule has 6 nitrogen and oxygen atoms in total. The number of nitrogens with zero attached hydrogens (tertiary/aromatic N) is 4. The summed E-state index contributed by atoms with van der Waals surface area (Å²) in [4.78, 5) is 18.8. The van der Waals surface area contributed by atoms with Crippen LogP contribution in [0.15, 0.2) is 41.0 Å². The fourth-order valence-electron chi connectivity index (χ4n) is 3.79. The lowest BCUT2D eigenvalue weighted by Gasteiger charge is -2.33. The zero-order chi connectivity index (χ0) is 21.8. The molecule has 0 aliphatic carbocycles. The molecule has 1 N–H and O–H groups in total. The third-order valence-corrected chi connectivity index (χ3v) is 6.82. The third-order valence-electron chi connectivity index (χ3n) is 5.32. The van der Waals surface area contributed by atoms with Gasteiger partial charge < -0.3 is 10.2 Å².